The zero-order chi connectivity index (χ0) is 12.5. The number of halogens is 3. The van der Waals surface area contributed by atoms with Crippen molar-refractivity contribution in [3.63, 3.8) is 0 Å². The smallest absolute Gasteiger partial charge is 0.365 e. The number of carbonyl (C=O) groups is 1. The van der Waals surface area contributed by atoms with Crippen molar-refractivity contribution in [3.05, 3.63) is 31.0 Å². The molecular formula is C7H4F2IN3O3. The van der Waals surface area contributed by atoms with Gasteiger partial charge in [-0.1, -0.05) is 0 Å². The predicted octanol–water partition coefficient (Wildman–Crippen LogP) is 1.63. The molecule has 0 fully saturated rings. The van der Waals surface area contributed by atoms with Crippen LogP contribution in [0.4, 0.5) is 14.6 Å². The number of aromatic nitrogens is 1. The van der Waals surface area contributed by atoms with Gasteiger partial charge in [0.15, 0.2) is 0 Å². The molecule has 0 spiro atoms. The number of nitrogens with two attached hydrogens (primary N) is 1. The number of rotatable bonds is 3. The monoisotopic (exact) mass is 343 g/mol. The highest BCUT2D eigenvalue weighted by Gasteiger charge is 2.28. The second-order valence-corrected chi connectivity index (χ2v) is 3.81. The maximum Gasteiger partial charge on any atom is 0.377 e. The van der Waals surface area contributed by atoms with E-state index in [1.54, 1.807) is 0 Å². The van der Waals surface area contributed by atoms with E-state index >= 15 is 0 Å². The molecule has 0 saturated heterocycles. The van der Waals surface area contributed by atoms with Crippen LogP contribution in [-0.4, -0.2) is 15.8 Å². The average molecular weight is 343 g/mol. The predicted molar refractivity (Wildman–Crippen MR) is 57.1 cm³/mol. The van der Waals surface area contributed by atoms with Crippen LogP contribution in [0.15, 0.2) is 6.07 Å². The third-order valence-corrected chi connectivity index (χ3v) is 2.43. The normalized spacial score (nSPS) is 10.5. The number of alkyl halides is 2. The third kappa shape index (κ3) is 2.40. The summed E-state index contributed by atoms with van der Waals surface area (Å²) in [4.78, 5) is 23.5. The van der Waals surface area contributed by atoms with E-state index in [9.17, 15) is 23.7 Å². The van der Waals surface area contributed by atoms with Gasteiger partial charge in [-0.15, -0.1) is 0 Å². The summed E-state index contributed by atoms with van der Waals surface area (Å²) in [7, 11) is 0. The molecule has 1 aromatic heterocycles. The molecule has 6 nitrogen and oxygen atoms in total. The molecule has 0 unspecified atom stereocenters. The van der Waals surface area contributed by atoms with Crippen molar-refractivity contribution >= 4 is 34.3 Å². The van der Waals surface area contributed by atoms with Crippen molar-refractivity contribution in [3.8, 4) is 0 Å². The van der Waals surface area contributed by atoms with Crippen LogP contribution in [0.2, 0.25) is 0 Å². The highest BCUT2D eigenvalue weighted by atomic mass is 127. The summed E-state index contributed by atoms with van der Waals surface area (Å²) in [5.41, 5.74) is 3.38. The van der Waals surface area contributed by atoms with Crippen LogP contribution in [-0.2, 0) is 0 Å². The summed E-state index contributed by atoms with van der Waals surface area (Å²) in [6.07, 6.45) is -3.10. The SMILES string of the molecule is NC(=O)c1cc(I)c([N+](=O)[O-])nc1C(F)F. The summed E-state index contributed by atoms with van der Waals surface area (Å²) in [6.45, 7) is 0. The zero-order valence-electron chi connectivity index (χ0n) is 7.49. The van der Waals surface area contributed by atoms with Gasteiger partial charge in [-0.3, -0.25) is 4.79 Å². The summed E-state index contributed by atoms with van der Waals surface area (Å²) in [5, 5.41) is 10.5. The van der Waals surface area contributed by atoms with Crippen molar-refractivity contribution in [2.24, 2.45) is 5.73 Å². The number of nitrogens with zero attached hydrogens (tertiary/aromatic N) is 2. The molecular weight excluding hydrogens is 339 g/mol. The van der Waals surface area contributed by atoms with Gasteiger partial charge in [0.25, 0.3) is 5.91 Å². The molecule has 0 aliphatic rings. The van der Waals surface area contributed by atoms with Crippen LogP contribution in [0, 0.1) is 13.7 Å². The second kappa shape index (κ2) is 4.63. The van der Waals surface area contributed by atoms with E-state index in [4.69, 9.17) is 5.73 Å². The molecule has 9 heteroatoms. The van der Waals surface area contributed by atoms with Gasteiger partial charge in [0, 0.05) is 0 Å². The Morgan fingerprint density at radius 1 is 1.62 bits per heavy atom. The average Bonchev–Trinajstić information content (AvgIpc) is 2.15. The van der Waals surface area contributed by atoms with Gasteiger partial charge < -0.3 is 15.8 Å². The Hall–Kier alpha value is -1.39. The van der Waals surface area contributed by atoms with E-state index in [0.717, 1.165) is 6.07 Å². The number of hydrogen-bond donors (Lipinski definition) is 1. The van der Waals surface area contributed by atoms with Gasteiger partial charge in [0.2, 0.25) is 5.69 Å². The van der Waals surface area contributed by atoms with E-state index in [0.29, 0.717) is 0 Å². The Labute approximate surface area is 101 Å². The van der Waals surface area contributed by atoms with Gasteiger partial charge in [-0.2, -0.15) is 0 Å². The van der Waals surface area contributed by atoms with Crippen molar-refractivity contribution in [2.45, 2.75) is 6.43 Å². The first-order valence-corrected chi connectivity index (χ1v) is 4.85. The van der Waals surface area contributed by atoms with E-state index in [2.05, 4.69) is 4.98 Å². The van der Waals surface area contributed by atoms with Gasteiger partial charge in [-0.25, -0.2) is 8.78 Å². The number of hydrogen-bond acceptors (Lipinski definition) is 4. The van der Waals surface area contributed by atoms with E-state index in [-0.39, 0.29) is 3.57 Å². The van der Waals surface area contributed by atoms with Crippen LogP contribution in [0.3, 0.4) is 0 Å². The largest absolute Gasteiger partial charge is 0.377 e. The second-order valence-electron chi connectivity index (χ2n) is 2.65. The molecule has 86 valence electrons. The highest BCUT2D eigenvalue weighted by Crippen LogP contribution is 2.27. The molecule has 16 heavy (non-hydrogen) atoms. The number of primary amides is 1. The Morgan fingerprint density at radius 3 is 2.56 bits per heavy atom. The lowest BCUT2D eigenvalue weighted by molar-refractivity contribution is -0.390. The first kappa shape index (κ1) is 12.7. The minimum Gasteiger partial charge on any atom is -0.365 e. The first-order valence-electron chi connectivity index (χ1n) is 3.77. The molecule has 1 rings (SSSR count). The lowest BCUT2D eigenvalue weighted by Gasteiger charge is -2.02. The molecule has 0 radical (unpaired) electrons. The Morgan fingerprint density at radius 2 is 2.19 bits per heavy atom. The maximum atomic E-state index is 12.5. The van der Waals surface area contributed by atoms with Crippen molar-refractivity contribution in [1.29, 1.82) is 0 Å². The van der Waals surface area contributed by atoms with Crippen LogP contribution in [0.1, 0.15) is 22.5 Å². The summed E-state index contributed by atoms with van der Waals surface area (Å²) in [5.74, 6) is -1.82. The van der Waals surface area contributed by atoms with E-state index in [1.165, 1.54) is 22.6 Å². The van der Waals surface area contributed by atoms with Crippen LogP contribution in [0.5, 0.6) is 0 Å². The molecule has 1 heterocycles. The lowest BCUT2D eigenvalue weighted by atomic mass is 10.2. The van der Waals surface area contributed by atoms with Crippen LogP contribution < -0.4 is 5.73 Å². The molecule has 0 aromatic carbocycles. The molecule has 0 atom stereocenters. The standard InChI is InChI=1S/C7H4F2IN3O3/c8-5(9)4-2(6(11)14)1-3(10)7(12-4)13(15)16/h1,5H,(H2,11,14). The minimum absolute atomic E-state index is 0.0270. The fourth-order valence-electron chi connectivity index (χ4n) is 0.985. The molecule has 1 aromatic rings. The Kier molecular flexibility index (Phi) is 3.67. The van der Waals surface area contributed by atoms with Crippen LogP contribution >= 0.6 is 22.6 Å². The molecule has 0 aliphatic heterocycles. The van der Waals surface area contributed by atoms with Crippen molar-refractivity contribution < 1.29 is 18.5 Å². The molecule has 0 aliphatic carbocycles. The maximum absolute atomic E-state index is 12.5. The van der Waals surface area contributed by atoms with E-state index in [1.807, 2.05) is 0 Å². The van der Waals surface area contributed by atoms with Crippen LogP contribution in [0.25, 0.3) is 0 Å². The number of pyridine rings is 1. The zero-order valence-corrected chi connectivity index (χ0v) is 9.64. The summed E-state index contributed by atoms with van der Waals surface area (Å²) < 4.78 is 24.9. The van der Waals surface area contributed by atoms with Gasteiger partial charge in [-0.05, 0) is 38.6 Å². The van der Waals surface area contributed by atoms with E-state index < -0.39 is 34.3 Å². The Balaban J connectivity index is 3.49. The molecule has 1 amide bonds. The number of amides is 1. The minimum atomic E-state index is -3.10. The molecule has 2 N–H and O–H groups in total. The van der Waals surface area contributed by atoms with Crippen molar-refractivity contribution in [1.82, 2.24) is 4.98 Å². The van der Waals surface area contributed by atoms with Gasteiger partial charge >= 0.3 is 12.2 Å². The quantitative estimate of drug-likeness (QED) is 0.512. The fraction of sp³-hybridized carbons (Fsp3) is 0.143. The number of nitro groups is 1. The van der Waals surface area contributed by atoms with Crippen molar-refractivity contribution in [2.75, 3.05) is 0 Å². The third-order valence-electron chi connectivity index (χ3n) is 1.63. The fourth-order valence-corrected chi connectivity index (χ4v) is 1.61. The Bertz CT molecular complexity index is 466. The summed E-state index contributed by atoms with van der Waals surface area (Å²) >= 11 is 1.52. The van der Waals surface area contributed by atoms with Gasteiger partial charge in [0.1, 0.15) is 3.57 Å². The first-order chi connectivity index (χ1) is 7.34. The molecule has 0 bridgehead atoms. The highest BCUT2D eigenvalue weighted by molar-refractivity contribution is 14.1. The topological polar surface area (TPSA) is 99.1 Å². The lowest BCUT2D eigenvalue weighted by Crippen LogP contribution is -2.16. The number of carbonyl (C=O) groups excluding carboxylic acids is 1. The molecule has 0 saturated carbocycles. The summed E-state index contributed by atoms with van der Waals surface area (Å²) in [6, 6.07) is 0.926. The van der Waals surface area contributed by atoms with Gasteiger partial charge in [0.05, 0.1) is 5.56 Å².